The molecule has 0 atom stereocenters. The molecule has 0 unspecified atom stereocenters. The standard InChI is InChI=1S/C48H29NS2/c1-2-12-30(13-3-1)31-26-28-32(29-27-31)49-41-22-10-16-35(39-20-8-18-37-33-14-4-6-24-43(33)50-47(37)39)45(41)46-36(17-11-23-42(46)49)40-21-9-19-38-34-15-5-7-25-44(34)51-48(38)40/h1-29H. The van der Waals surface area contributed by atoms with Gasteiger partial charge in [-0.15, -0.1) is 22.7 Å². The summed E-state index contributed by atoms with van der Waals surface area (Å²) in [5.74, 6) is 0. The number of thiophene rings is 2. The van der Waals surface area contributed by atoms with E-state index in [0.29, 0.717) is 0 Å². The number of rotatable bonds is 4. The summed E-state index contributed by atoms with van der Waals surface area (Å²) in [7, 11) is 0. The fraction of sp³-hybridized carbons (Fsp3) is 0. The highest BCUT2D eigenvalue weighted by Gasteiger charge is 2.22. The van der Waals surface area contributed by atoms with Gasteiger partial charge in [-0.25, -0.2) is 0 Å². The Morgan fingerprint density at radius 1 is 0.314 bits per heavy atom. The minimum atomic E-state index is 1.16. The lowest BCUT2D eigenvalue weighted by Crippen LogP contribution is -1.94. The quantitative estimate of drug-likeness (QED) is 0.174. The molecule has 0 bridgehead atoms. The Bertz CT molecular complexity index is 2950. The van der Waals surface area contributed by atoms with Crippen molar-refractivity contribution in [1.82, 2.24) is 4.57 Å². The molecule has 0 radical (unpaired) electrons. The van der Waals surface area contributed by atoms with Crippen LogP contribution in [0.25, 0.3) is 101 Å². The predicted octanol–water partition coefficient (Wildman–Crippen LogP) is 14.5. The molecule has 0 fully saturated rings. The van der Waals surface area contributed by atoms with E-state index in [-0.39, 0.29) is 0 Å². The van der Waals surface area contributed by atoms with Crippen molar-refractivity contribution in [2.75, 3.05) is 0 Å². The Kier molecular flexibility index (Phi) is 6.36. The van der Waals surface area contributed by atoms with Crippen LogP contribution >= 0.6 is 22.7 Å². The zero-order valence-electron chi connectivity index (χ0n) is 27.5. The number of hydrogen-bond acceptors (Lipinski definition) is 2. The molecule has 51 heavy (non-hydrogen) atoms. The summed E-state index contributed by atoms with van der Waals surface area (Å²) < 4.78 is 7.80. The minimum absolute atomic E-state index is 1.16. The van der Waals surface area contributed by atoms with Crippen LogP contribution in [-0.4, -0.2) is 4.57 Å². The van der Waals surface area contributed by atoms with Crippen LogP contribution in [0.1, 0.15) is 0 Å². The lowest BCUT2D eigenvalue weighted by Gasteiger charge is -2.10. The molecule has 0 aliphatic heterocycles. The van der Waals surface area contributed by atoms with Crippen molar-refractivity contribution in [3.63, 3.8) is 0 Å². The highest BCUT2D eigenvalue weighted by Crippen LogP contribution is 2.48. The maximum atomic E-state index is 2.47. The van der Waals surface area contributed by atoms with E-state index in [2.05, 4.69) is 180 Å². The van der Waals surface area contributed by atoms with Crippen molar-refractivity contribution in [3.05, 3.63) is 176 Å². The third-order valence-electron chi connectivity index (χ3n) is 10.4. The molecule has 238 valence electrons. The largest absolute Gasteiger partial charge is 0.309 e. The third kappa shape index (κ3) is 4.32. The van der Waals surface area contributed by atoms with E-state index in [0.717, 1.165) is 5.69 Å². The van der Waals surface area contributed by atoms with Crippen molar-refractivity contribution in [1.29, 1.82) is 0 Å². The highest BCUT2D eigenvalue weighted by atomic mass is 32.1. The first kappa shape index (κ1) is 28.8. The second-order valence-electron chi connectivity index (χ2n) is 13.2. The van der Waals surface area contributed by atoms with E-state index >= 15 is 0 Å². The lowest BCUT2D eigenvalue weighted by atomic mass is 9.93. The summed E-state index contributed by atoms with van der Waals surface area (Å²) in [5, 5.41) is 7.87. The average Bonchev–Trinajstić information content (AvgIpc) is 3.88. The summed E-state index contributed by atoms with van der Waals surface area (Å²) in [6, 6.07) is 64.7. The van der Waals surface area contributed by atoms with Crippen molar-refractivity contribution >= 4 is 84.8 Å². The fourth-order valence-corrected chi connectivity index (χ4v) is 10.6. The van der Waals surface area contributed by atoms with Gasteiger partial charge in [0, 0.05) is 67.9 Å². The first-order chi connectivity index (χ1) is 25.3. The zero-order chi connectivity index (χ0) is 33.5. The van der Waals surface area contributed by atoms with E-state index in [1.165, 1.54) is 95.5 Å². The number of aromatic nitrogens is 1. The number of hydrogen-bond donors (Lipinski definition) is 0. The van der Waals surface area contributed by atoms with Crippen LogP contribution in [0.3, 0.4) is 0 Å². The van der Waals surface area contributed by atoms with Crippen LogP contribution in [0.15, 0.2) is 176 Å². The Hall–Kier alpha value is -6.00. The number of nitrogens with zero attached hydrogens (tertiary/aromatic N) is 1. The topological polar surface area (TPSA) is 4.93 Å². The Morgan fingerprint density at radius 3 is 1.29 bits per heavy atom. The van der Waals surface area contributed by atoms with Gasteiger partial charge in [0.05, 0.1) is 11.0 Å². The molecule has 0 aliphatic carbocycles. The molecule has 3 heterocycles. The van der Waals surface area contributed by atoms with Gasteiger partial charge < -0.3 is 4.57 Å². The van der Waals surface area contributed by atoms with Crippen LogP contribution in [0.2, 0.25) is 0 Å². The van der Waals surface area contributed by atoms with Gasteiger partial charge in [0.2, 0.25) is 0 Å². The Morgan fingerprint density at radius 2 is 0.745 bits per heavy atom. The fourth-order valence-electron chi connectivity index (χ4n) is 8.19. The van der Waals surface area contributed by atoms with E-state index in [1.807, 2.05) is 22.7 Å². The van der Waals surface area contributed by atoms with E-state index < -0.39 is 0 Å². The molecule has 3 heteroatoms. The van der Waals surface area contributed by atoms with Crippen molar-refractivity contribution in [2.45, 2.75) is 0 Å². The monoisotopic (exact) mass is 683 g/mol. The molecule has 11 rings (SSSR count). The van der Waals surface area contributed by atoms with Crippen molar-refractivity contribution in [3.8, 4) is 39.1 Å². The molecular formula is C48H29NS2. The summed E-state index contributed by atoms with van der Waals surface area (Å²) in [5.41, 5.74) is 11.1. The highest BCUT2D eigenvalue weighted by molar-refractivity contribution is 7.26. The SMILES string of the molecule is c1ccc(-c2ccc(-n3c4cccc(-c5cccc6c5sc5ccccc56)c4c4c(-c5cccc6c5sc5ccccc56)cccc43)cc2)cc1. The van der Waals surface area contributed by atoms with Gasteiger partial charge >= 0.3 is 0 Å². The van der Waals surface area contributed by atoms with Gasteiger partial charge in [0.15, 0.2) is 0 Å². The van der Waals surface area contributed by atoms with Crippen molar-refractivity contribution in [2.24, 2.45) is 0 Å². The second-order valence-corrected chi connectivity index (χ2v) is 15.3. The van der Waals surface area contributed by atoms with Crippen molar-refractivity contribution < 1.29 is 0 Å². The third-order valence-corrected chi connectivity index (χ3v) is 12.9. The minimum Gasteiger partial charge on any atom is -0.309 e. The van der Waals surface area contributed by atoms with Gasteiger partial charge in [-0.2, -0.15) is 0 Å². The molecule has 1 nitrogen and oxygen atoms in total. The first-order valence-corrected chi connectivity index (χ1v) is 19.0. The van der Waals surface area contributed by atoms with Gasteiger partial charge in [-0.05, 0) is 58.7 Å². The molecular weight excluding hydrogens is 655 g/mol. The van der Waals surface area contributed by atoms with Gasteiger partial charge in [-0.1, -0.05) is 140 Å². The van der Waals surface area contributed by atoms with Crippen LogP contribution in [0.5, 0.6) is 0 Å². The molecule has 0 saturated carbocycles. The maximum Gasteiger partial charge on any atom is 0.0547 e. The maximum absolute atomic E-state index is 2.47. The van der Waals surface area contributed by atoms with Gasteiger partial charge in [0.25, 0.3) is 0 Å². The summed E-state index contributed by atoms with van der Waals surface area (Å²) in [6.07, 6.45) is 0. The molecule has 0 N–H and O–H groups in total. The smallest absolute Gasteiger partial charge is 0.0547 e. The zero-order valence-corrected chi connectivity index (χ0v) is 29.1. The van der Waals surface area contributed by atoms with E-state index in [1.54, 1.807) is 0 Å². The summed E-state index contributed by atoms with van der Waals surface area (Å²) >= 11 is 3.80. The Balaban J connectivity index is 1.25. The summed E-state index contributed by atoms with van der Waals surface area (Å²) in [6.45, 7) is 0. The number of fused-ring (bicyclic) bond motifs is 9. The van der Waals surface area contributed by atoms with Crippen LogP contribution < -0.4 is 0 Å². The Labute approximate surface area is 302 Å². The lowest BCUT2D eigenvalue weighted by molar-refractivity contribution is 1.18. The average molecular weight is 684 g/mol. The van der Waals surface area contributed by atoms with Crippen LogP contribution in [0.4, 0.5) is 0 Å². The number of benzene rings is 8. The second kappa shape index (κ2) is 11.3. The predicted molar refractivity (Wildman–Crippen MR) is 223 cm³/mol. The van der Waals surface area contributed by atoms with E-state index in [4.69, 9.17) is 0 Å². The molecule has 0 aliphatic rings. The van der Waals surface area contributed by atoms with Gasteiger partial charge in [-0.3, -0.25) is 0 Å². The molecule has 11 aromatic rings. The van der Waals surface area contributed by atoms with E-state index in [9.17, 15) is 0 Å². The summed E-state index contributed by atoms with van der Waals surface area (Å²) in [4.78, 5) is 0. The molecule has 0 saturated heterocycles. The van der Waals surface area contributed by atoms with Crippen LogP contribution in [-0.2, 0) is 0 Å². The normalized spacial score (nSPS) is 11.9. The molecule has 0 spiro atoms. The molecule has 8 aromatic carbocycles. The van der Waals surface area contributed by atoms with Crippen LogP contribution in [0, 0.1) is 0 Å². The van der Waals surface area contributed by atoms with Gasteiger partial charge in [0.1, 0.15) is 0 Å². The molecule has 3 aromatic heterocycles. The first-order valence-electron chi connectivity index (χ1n) is 17.4. The molecule has 0 amide bonds.